The Morgan fingerprint density at radius 2 is 1.72 bits per heavy atom. The monoisotopic (exact) mass is 263 g/mol. The van der Waals surface area contributed by atoms with Gasteiger partial charge in [-0.05, 0) is 54.9 Å². The highest BCUT2D eigenvalue weighted by Crippen LogP contribution is 2.40. The second-order valence-electron chi connectivity index (χ2n) is 5.95. The minimum absolute atomic E-state index is 0.207. The highest BCUT2D eigenvalue weighted by molar-refractivity contribution is 7.98. The molecule has 0 aliphatic heterocycles. The van der Waals surface area contributed by atoms with Crippen LogP contribution >= 0.6 is 11.8 Å². The molecule has 1 aromatic rings. The summed E-state index contributed by atoms with van der Waals surface area (Å²) < 4.78 is 0. The quantitative estimate of drug-likeness (QED) is 0.814. The van der Waals surface area contributed by atoms with Crippen molar-refractivity contribution in [1.29, 1.82) is 0 Å². The van der Waals surface area contributed by atoms with Gasteiger partial charge in [0.25, 0.3) is 0 Å². The van der Waals surface area contributed by atoms with Crippen molar-refractivity contribution in [3.05, 3.63) is 29.8 Å². The standard InChI is InChI=1S/C16H25NS/c1-11-8-12(2)10-13(9-11)16(17)14-6-4-5-7-15(14)18-3/h4-7,11-13,16H,8-10,17H2,1-3H3. The third-order valence-electron chi connectivity index (χ3n) is 4.22. The molecule has 0 heterocycles. The van der Waals surface area contributed by atoms with Crippen molar-refractivity contribution >= 4 is 11.8 Å². The second kappa shape index (κ2) is 6.12. The average molecular weight is 263 g/mol. The summed E-state index contributed by atoms with van der Waals surface area (Å²) in [6.07, 6.45) is 6.08. The first-order chi connectivity index (χ1) is 8.61. The van der Waals surface area contributed by atoms with Crippen molar-refractivity contribution < 1.29 is 0 Å². The van der Waals surface area contributed by atoms with Crippen LogP contribution in [0.1, 0.15) is 44.7 Å². The van der Waals surface area contributed by atoms with Crippen LogP contribution in [0.15, 0.2) is 29.2 Å². The summed E-state index contributed by atoms with van der Waals surface area (Å²) in [5.41, 5.74) is 7.90. The molecule has 1 aliphatic carbocycles. The summed E-state index contributed by atoms with van der Waals surface area (Å²) in [5, 5.41) is 0. The SMILES string of the molecule is CSc1ccccc1C(N)C1CC(C)CC(C)C1. The van der Waals surface area contributed by atoms with Crippen LogP contribution in [0.4, 0.5) is 0 Å². The molecule has 0 amide bonds. The lowest BCUT2D eigenvalue weighted by atomic mass is 9.72. The fraction of sp³-hybridized carbons (Fsp3) is 0.625. The molecule has 0 aromatic heterocycles. The van der Waals surface area contributed by atoms with Crippen LogP contribution < -0.4 is 5.73 Å². The Morgan fingerprint density at radius 3 is 2.33 bits per heavy atom. The zero-order chi connectivity index (χ0) is 13.1. The Morgan fingerprint density at radius 1 is 1.11 bits per heavy atom. The first-order valence-corrected chi connectivity index (χ1v) is 8.22. The van der Waals surface area contributed by atoms with Gasteiger partial charge in [-0.3, -0.25) is 0 Å². The van der Waals surface area contributed by atoms with E-state index in [9.17, 15) is 0 Å². The normalized spacial score (nSPS) is 30.1. The van der Waals surface area contributed by atoms with Crippen LogP contribution in [0, 0.1) is 17.8 Å². The largest absolute Gasteiger partial charge is 0.324 e. The van der Waals surface area contributed by atoms with E-state index in [-0.39, 0.29) is 6.04 Å². The Labute approximate surface area is 116 Å². The molecule has 0 radical (unpaired) electrons. The number of rotatable bonds is 3. The maximum atomic E-state index is 6.56. The van der Waals surface area contributed by atoms with E-state index < -0.39 is 0 Å². The maximum absolute atomic E-state index is 6.56. The molecule has 3 unspecified atom stereocenters. The van der Waals surface area contributed by atoms with Gasteiger partial charge in [0.2, 0.25) is 0 Å². The molecule has 100 valence electrons. The average Bonchev–Trinajstić information content (AvgIpc) is 2.36. The van der Waals surface area contributed by atoms with Crippen LogP contribution in [0.5, 0.6) is 0 Å². The van der Waals surface area contributed by atoms with Gasteiger partial charge in [0.05, 0.1) is 0 Å². The van der Waals surface area contributed by atoms with E-state index in [2.05, 4.69) is 44.4 Å². The van der Waals surface area contributed by atoms with Gasteiger partial charge in [-0.2, -0.15) is 0 Å². The molecule has 2 rings (SSSR count). The van der Waals surface area contributed by atoms with Crippen molar-refractivity contribution in [2.45, 2.75) is 44.0 Å². The van der Waals surface area contributed by atoms with E-state index in [0.29, 0.717) is 5.92 Å². The van der Waals surface area contributed by atoms with Gasteiger partial charge in [-0.15, -0.1) is 11.8 Å². The predicted molar refractivity (Wildman–Crippen MR) is 80.8 cm³/mol. The predicted octanol–water partition coefficient (Wildman–Crippen LogP) is 4.48. The fourth-order valence-electron chi connectivity index (χ4n) is 3.50. The Balaban J connectivity index is 2.17. The highest BCUT2D eigenvalue weighted by atomic mass is 32.2. The van der Waals surface area contributed by atoms with Crippen molar-refractivity contribution in [2.75, 3.05) is 6.26 Å². The molecular weight excluding hydrogens is 238 g/mol. The second-order valence-corrected chi connectivity index (χ2v) is 6.79. The molecule has 0 spiro atoms. The van der Waals surface area contributed by atoms with E-state index in [1.807, 2.05) is 11.8 Å². The van der Waals surface area contributed by atoms with Gasteiger partial charge in [-0.1, -0.05) is 32.0 Å². The molecule has 1 nitrogen and oxygen atoms in total. The molecule has 2 N–H and O–H groups in total. The van der Waals surface area contributed by atoms with E-state index in [0.717, 1.165) is 11.8 Å². The topological polar surface area (TPSA) is 26.0 Å². The smallest absolute Gasteiger partial charge is 0.0334 e. The van der Waals surface area contributed by atoms with Crippen LogP contribution in [0.25, 0.3) is 0 Å². The van der Waals surface area contributed by atoms with Crippen LogP contribution in [-0.2, 0) is 0 Å². The Hall–Kier alpha value is -0.470. The molecule has 0 bridgehead atoms. The third-order valence-corrected chi connectivity index (χ3v) is 5.03. The minimum atomic E-state index is 0.207. The van der Waals surface area contributed by atoms with Crippen molar-refractivity contribution in [2.24, 2.45) is 23.5 Å². The summed E-state index contributed by atoms with van der Waals surface area (Å²) in [4.78, 5) is 1.34. The molecule has 1 fully saturated rings. The van der Waals surface area contributed by atoms with Gasteiger partial charge in [-0.25, -0.2) is 0 Å². The molecule has 2 heteroatoms. The van der Waals surface area contributed by atoms with E-state index >= 15 is 0 Å². The lowest BCUT2D eigenvalue weighted by molar-refractivity contribution is 0.192. The molecule has 3 atom stereocenters. The zero-order valence-corrected chi connectivity index (χ0v) is 12.5. The molecule has 1 aromatic carbocycles. The Bertz CT molecular complexity index is 380. The first kappa shape index (κ1) is 14.0. The number of thioether (sulfide) groups is 1. The summed E-state index contributed by atoms with van der Waals surface area (Å²) in [7, 11) is 0. The molecule has 1 saturated carbocycles. The van der Waals surface area contributed by atoms with E-state index in [4.69, 9.17) is 5.73 Å². The fourth-order valence-corrected chi connectivity index (χ4v) is 4.15. The van der Waals surface area contributed by atoms with E-state index in [1.54, 1.807) is 0 Å². The van der Waals surface area contributed by atoms with Crippen LogP contribution in [0.2, 0.25) is 0 Å². The molecule has 1 aliphatic rings. The van der Waals surface area contributed by atoms with Gasteiger partial charge < -0.3 is 5.73 Å². The summed E-state index contributed by atoms with van der Waals surface area (Å²) >= 11 is 1.81. The number of nitrogens with two attached hydrogens (primary N) is 1. The van der Waals surface area contributed by atoms with Gasteiger partial charge in [0.15, 0.2) is 0 Å². The van der Waals surface area contributed by atoms with Gasteiger partial charge in [0.1, 0.15) is 0 Å². The van der Waals surface area contributed by atoms with Gasteiger partial charge in [0, 0.05) is 10.9 Å². The third kappa shape index (κ3) is 3.10. The molecular formula is C16H25NS. The Kier molecular flexibility index (Phi) is 4.74. The van der Waals surface area contributed by atoms with Gasteiger partial charge >= 0.3 is 0 Å². The molecule has 18 heavy (non-hydrogen) atoms. The lowest BCUT2D eigenvalue weighted by Gasteiger charge is -2.35. The first-order valence-electron chi connectivity index (χ1n) is 7.00. The maximum Gasteiger partial charge on any atom is 0.0334 e. The highest BCUT2D eigenvalue weighted by Gasteiger charge is 2.29. The van der Waals surface area contributed by atoms with Crippen LogP contribution in [0.3, 0.4) is 0 Å². The summed E-state index contributed by atoms with van der Waals surface area (Å²) in [5.74, 6) is 2.30. The van der Waals surface area contributed by atoms with Crippen molar-refractivity contribution in [1.82, 2.24) is 0 Å². The molecule has 0 saturated heterocycles. The van der Waals surface area contributed by atoms with Crippen molar-refractivity contribution in [3.8, 4) is 0 Å². The minimum Gasteiger partial charge on any atom is -0.324 e. The lowest BCUT2D eigenvalue weighted by Crippen LogP contribution is -2.29. The number of hydrogen-bond donors (Lipinski definition) is 1. The summed E-state index contributed by atoms with van der Waals surface area (Å²) in [6, 6.07) is 8.83. The summed E-state index contributed by atoms with van der Waals surface area (Å²) in [6.45, 7) is 4.74. The zero-order valence-electron chi connectivity index (χ0n) is 11.7. The van der Waals surface area contributed by atoms with Crippen molar-refractivity contribution in [3.63, 3.8) is 0 Å². The van der Waals surface area contributed by atoms with Crippen LogP contribution in [-0.4, -0.2) is 6.26 Å². The number of hydrogen-bond acceptors (Lipinski definition) is 2. The number of benzene rings is 1. The van der Waals surface area contributed by atoms with E-state index in [1.165, 1.54) is 29.7 Å².